The zero-order valence-electron chi connectivity index (χ0n) is 18.8. The maximum atomic E-state index is 13.4. The van der Waals surface area contributed by atoms with Crippen LogP contribution in [0.4, 0.5) is 5.69 Å². The molecule has 0 fully saturated rings. The number of carbonyl (C=O) groups excluding carboxylic acids is 1. The molecule has 3 aromatic rings. The summed E-state index contributed by atoms with van der Waals surface area (Å²) in [5, 5.41) is 3.17. The van der Waals surface area contributed by atoms with Crippen LogP contribution in [0, 0.1) is 20.8 Å². The van der Waals surface area contributed by atoms with Gasteiger partial charge in [-0.2, -0.15) is 0 Å². The van der Waals surface area contributed by atoms with Crippen LogP contribution in [0.15, 0.2) is 71.6 Å². The Kier molecular flexibility index (Phi) is 8.00. The first-order valence-electron chi connectivity index (χ1n) is 10.5. The maximum Gasteiger partial charge on any atom is 0.264 e. The molecular weight excluding hydrogens is 460 g/mol. The van der Waals surface area contributed by atoms with E-state index in [4.69, 9.17) is 16.3 Å². The molecule has 8 heteroatoms. The normalized spacial score (nSPS) is 11.2. The predicted molar refractivity (Wildman–Crippen MR) is 132 cm³/mol. The van der Waals surface area contributed by atoms with Crippen LogP contribution in [0.3, 0.4) is 0 Å². The lowest BCUT2D eigenvalue weighted by Crippen LogP contribution is -2.42. The molecule has 3 rings (SSSR count). The second kappa shape index (κ2) is 10.7. The smallest absolute Gasteiger partial charge is 0.264 e. The lowest BCUT2D eigenvalue weighted by molar-refractivity contribution is -0.119. The average molecular weight is 487 g/mol. The van der Waals surface area contributed by atoms with Gasteiger partial charge < -0.3 is 10.1 Å². The largest absolute Gasteiger partial charge is 0.491 e. The second-order valence-electron chi connectivity index (χ2n) is 7.70. The number of aryl methyl sites for hydroxylation is 3. The van der Waals surface area contributed by atoms with E-state index in [1.807, 2.05) is 51.1 Å². The number of ether oxygens (including phenoxy) is 1. The highest BCUT2D eigenvalue weighted by molar-refractivity contribution is 7.92. The number of para-hydroxylation sites is 1. The third-order valence-corrected chi connectivity index (χ3v) is 7.28. The molecule has 0 saturated heterocycles. The minimum atomic E-state index is -3.99. The Morgan fingerprint density at radius 2 is 1.64 bits per heavy atom. The van der Waals surface area contributed by atoms with E-state index in [0.29, 0.717) is 10.7 Å². The Labute approximate surface area is 200 Å². The summed E-state index contributed by atoms with van der Waals surface area (Å²) in [7, 11) is -3.99. The molecule has 33 heavy (non-hydrogen) atoms. The third-order valence-electron chi connectivity index (χ3n) is 5.24. The molecule has 1 N–H and O–H groups in total. The van der Waals surface area contributed by atoms with Gasteiger partial charge in [-0.25, -0.2) is 8.42 Å². The molecule has 0 radical (unpaired) electrons. The average Bonchev–Trinajstić information content (AvgIpc) is 2.78. The molecule has 0 heterocycles. The van der Waals surface area contributed by atoms with Crippen molar-refractivity contribution in [3.63, 3.8) is 0 Å². The van der Waals surface area contributed by atoms with Gasteiger partial charge in [-0.05, 0) is 79.9 Å². The van der Waals surface area contributed by atoms with Gasteiger partial charge in [-0.1, -0.05) is 35.9 Å². The molecule has 0 aliphatic rings. The van der Waals surface area contributed by atoms with Crippen molar-refractivity contribution in [1.82, 2.24) is 5.32 Å². The summed E-state index contributed by atoms with van der Waals surface area (Å²) < 4.78 is 33.6. The van der Waals surface area contributed by atoms with Crippen LogP contribution in [0.1, 0.15) is 16.7 Å². The quantitative estimate of drug-likeness (QED) is 0.446. The molecule has 0 spiro atoms. The van der Waals surface area contributed by atoms with Crippen LogP contribution in [-0.4, -0.2) is 34.0 Å². The van der Waals surface area contributed by atoms with Crippen molar-refractivity contribution in [3.05, 3.63) is 88.4 Å². The topological polar surface area (TPSA) is 75.7 Å². The van der Waals surface area contributed by atoms with Crippen LogP contribution in [0.25, 0.3) is 0 Å². The third kappa shape index (κ3) is 6.27. The molecule has 1 amide bonds. The van der Waals surface area contributed by atoms with Crippen LogP contribution >= 0.6 is 11.6 Å². The van der Waals surface area contributed by atoms with Gasteiger partial charge in [0.25, 0.3) is 10.0 Å². The highest BCUT2D eigenvalue weighted by Crippen LogP contribution is 2.26. The monoisotopic (exact) mass is 486 g/mol. The SMILES string of the molecule is Cc1ccc(N(CC(=O)NCCOc2ccccc2C)S(=O)(=O)c2ccc(Cl)cc2)cc1C. The highest BCUT2D eigenvalue weighted by atomic mass is 35.5. The number of anilines is 1. The fourth-order valence-corrected chi connectivity index (χ4v) is 4.72. The van der Waals surface area contributed by atoms with Gasteiger partial charge in [0.2, 0.25) is 5.91 Å². The van der Waals surface area contributed by atoms with E-state index >= 15 is 0 Å². The summed E-state index contributed by atoms with van der Waals surface area (Å²) in [6.45, 7) is 5.93. The molecule has 174 valence electrons. The first-order chi connectivity index (χ1) is 15.7. The van der Waals surface area contributed by atoms with Gasteiger partial charge in [0.1, 0.15) is 18.9 Å². The Morgan fingerprint density at radius 3 is 2.30 bits per heavy atom. The van der Waals surface area contributed by atoms with E-state index in [0.717, 1.165) is 26.7 Å². The first kappa shape index (κ1) is 24.6. The molecule has 0 unspecified atom stereocenters. The Hall–Kier alpha value is -3.03. The number of hydrogen-bond acceptors (Lipinski definition) is 4. The fourth-order valence-electron chi connectivity index (χ4n) is 3.19. The molecule has 0 bridgehead atoms. The minimum Gasteiger partial charge on any atom is -0.491 e. The summed E-state index contributed by atoms with van der Waals surface area (Å²) in [4.78, 5) is 12.8. The predicted octanol–water partition coefficient (Wildman–Crippen LogP) is 4.66. The van der Waals surface area contributed by atoms with E-state index in [9.17, 15) is 13.2 Å². The van der Waals surface area contributed by atoms with Gasteiger partial charge in [0.15, 0.2) is 0 Å². The van der Waals surface area contributed by atoms with Crippen molar-refractivity contribution < 1.29 is 17.9 Å². The fraction of sp³-hybridized carbons (Fsp3) is 0.240. The van der Waals surface area contributed by atoms with E-state index in [2.05, 4.69) is 5.32 Å². The number of hydrogen-bond donors (Lipinski definition) is 1. The van der Waals surface area contributed by atoms with Crippen molar-refractivity contribution in [3.8, 4) is 5.75 Å². The maximum absolute atomic E-state index is 13.4. The van der Waals surface area contributed by atoms with Crippen molar-refractivity contribution in [2.45, 2.75) is 25.7 Å². The number of nitrogens with zero attached hydrogens (tertiary/aromatic N) is 1. The summed E-state index contributed by atoms with van der Waals surface area (Å²) in [5.74, 6) is 0.313. The van der Waals surface area contributed by atoms with E-state index in [-0.39, 0.29) is 24.6 Å². The number of rotatable bonds is 9. The van der Waals surface area contributed by atoms with Gasteiger partial charge >= 0.3 is 0 Å². The van der Waals surface area contributed by atoms with Gasteiger partial charge in [-0.15, -0.1) is 0 Å². The van der Waals surface area contributed by atoms with Crippen molar-refractivity contribution in [2.75, 3.05) is 24.0 Å². The van der Waals surface area contributed by atoms with Crippen LogP contribution in [-0.2, 0) is 14.8 Å². The summed E-state index contributed by atoms with van der Waals surface area (Å²) in [6, 6.07) is 18.8. The van der Waals surface area contributed by atoms with Crippen LogP contribution < -0.4 is 14.4 Å². The van der Waals surface area contributed by atoms with Gasteiger partial charge in [-0.3, -0.25) is 9.10 Å². The second-order valence-corrected chi connectivity index (χ2v) is 10.00. The molecule has 0 aliphatic carbocycles. The van der Waals surface area contributed by atoms with Gasteiger partial charge in [0, 0.05) is 5.02 Å². The summed E-state index contributed by atoms with van der Waals surface area (Å²) in [6.07, 6.45) is 0. The molecule has 0 saturated carbocycles. The zero-order valence-corrected chi connectivity index (χ0v) is 20.4. The number of nitrogens with one attached hydrogen (secondary N) is 1. The number of amides is 1. The van der Waals surface area contributed by atoms with Crippen molar-refractivity contribution in [1.29, 1.82) is 0 Å². The number of sulfonamides is 1. The standard InChI is InChI=1S/C25H27ClN2O4S/c1-18-8-11-22(16-20(18)3)28(33(30,31)23-12-9-21(26)10-13-23)17-25(29)27-14-15-32-24-7-5-4-6-19(24)2/h4-13,16H,14-15,17H2,1-3H3,(H,27,29). The molecule has 3 aromatic carbocycles. The number of halogens is 1. The number of benzene rings is 3. The highest BCUT2D eigenvalue weighted by Gasteiger charge is 2.27. The molecule has 6 nitrogen and oxygen atoms in total. The van der Waals surface area contributed by atoms with Crippen molar-refractivity contribution >= 4 is 33.2 Å². The first-order valence-corrected chi connectivity index (χ1v) is 12.3. The molecule has 0 aromatic heterocycles. The lowest BCUT2D eigenvalue weighted by Gasteiger charge is -2.25. The summed E-state index contributed by atoms with van der Waals surface area (Å²) in [5.41, 5.74) is 3.37. The van der Waals surface area contributed by atoms with Crippen molar-refractivity contribution in [2.24, 2.45) is 0 Å². The molecular formula is C25H27ClN2O4S. The van der Waals surface area contributed by atoms with Crippen LogP contribution in [0.2, 0.25) is 5.02 Å². The Bertz CT molecular complexity index is 1230. The summed E-state index contributed by atoms with van der Waals surface area (Å²) >= 11 is 5.92. The zero-order chi connectivity index (χ0) is 24.0. The Morgan fingerprint density at radius 1 is 0.939 bits per heavy atom. The molecule has 0 atom stereocenters. The van der Waals surface area contributed by atoms with E-state index < -0.39 is 15.9 Å². The van der Waals surface area contributed by atoms with E-state index in [1.54, 1.807) is 12.1 Å². The lowest BCUT2D eigenvalue weighted by atomic mass is 10.1. The van der Waals surface area contributed by atoms with E-state index in [1.165, 1.54) is 24.3 Å². The van der Waals surface area contributed by atoms with Gasteiger partial charge in [0.05, 0.1) is 17.1 Å². The Balaban J connectivity index is 1.75. The van der Waals surface area contributed by atoms with Crippen LogP contribution in [0.5, 0.6) is 5.75 Å². The molecule has 0 aliphatic heterocycles. The number of carbonyl (C=O) groups is 1. The minimum absolute atomic E-state index is 0.0563.